The van der Waals surface area contributed by atoms with E-state index in [0.29, 0.717) is 19.1 Å². The molecule has 1 saturated carbocycles. The van der Waals surface area contributed by atoms with Crippen LogP contribution in [0, 0.1) is 11.8 Å². The highest BCUT2D eigenvalue weighted by Crippen LogP contribution is 2.29. The fourth-order valence-corrected chi connectivity index (χ4v) is 3.04. The lowest BCUT2D eigenvalue weighted by atomic mass is 9.88. The van der Waals surface area contributed by atoms with Crippen LogP contribution in [0.4, 0.5) is 0 Å². The van der Waals surface area contributed by atoms with E-state index >= 15 is 0 Å². The van der Waals surface area contributed by atoms with Crippen molar-refractivity contribution in [3.05, 3.63) is 23.8 Å². The average molecular weight is 333 g/mol. The molecule has 1 aliphatic rings. The van der Waals surface area contributed by atoms with Crippen molar-refractivity contribution in [2.45, 2.75) is 58.9 Å². The molecule has 0 radical (unpaired) electrons. The Morgan fingerprint density at radius 1 is 1.21 bits per heavy atom. The van der Waals surface area contributed by atoms with Crippen molar-refractivity contribution in [1.82, 2.24) is 5.32 Å². The predicted octanol–water partition coefficient (Wildman–Crippen LogP) is 4.32. The Bertz CT molecular complexity index is 522. The minimum atomic E-state index is 0.186. The van der Waals surface area contributed by atoms with Crippen molar-refractivity contribution in [3.8, 4) is 11.5 Å². The molecule has 0 aromatic heterocycles. The predicted molar refractivity (Wildman–Crippen MR) is 96.4 cm³/mol. The lowest BCUT2D eigenvalue weighted by Crippen LogP contribution is -2.31. The Hall–Kier alpha value is -1.71. The summed E-state index contributed by atoms with van der Waals surface area (Å²) in [5.41, 5.74) is 1.03. The number of carbonyl (C=O) groups excluding carboxylic acids is 1. The number of benzene rings is 1. The second-order valence-electron chi connectivity index (χ2n) is 7.07. The number of carbonyl (C=O) groups is 1. The van der Waals surface area contributed by atoms with Gasteiger partial charge in [-0.1, -0.05) is 39.2 Å². The molecule has 0 spiro atoms. The summed E-state index contributed by atoms with van der Waals surface area (Å²) < 4.78 is 11.2. The number of hydrogen-bond donors (Lipinski definition) is 1. The van der Waals surface area contributed by atoms with Crippen LogP contribution in [0.1, 0.15) is 57.9 Å². The van der Waals surface area contributed by atoms with Crippen molar-refractivity contribution in [1.29, 1.82) is 0 Å². The fourth-order valence-electron chi connectivity index (χ4n) is 3.04. The maximum atomic E-state index is 12.2. The lowest BCUT2D eigenvalue weighted by Gasteiger charge is -2.21. The summed E-state index contributed by atoms with van der Waals surface area (Å²) >= 11 is 0. The zero-order valence-corrected chi connectivity index (χ0v) is 15.3. The normalized spacial score (nSPS) is 15.3. The average Bonchev–Trinajstić information content (AvgIpc) is 2.60. The highest BCUT2D eigenvalue weighted by Gasteiger charge is 2.20. The van der Waals surface area contributed by atoms with Crippen molar-refractivity contribution >= 4 is 5.91 Å². The summed E-state index contributed by atoms with van der Waals surface area (Å²) in [6.07, 6.45) is 6.68. The van der Waals surface area contributed by atoms with Gasteiger partial charge in [0.1, 0.15) is 0 Å². The minimum Gasteiger partial charge on any atom is -0.493 e. The molecule has 0 atom stereocenters. The molecule has 4 nitrogen and oxygen atoms in total. The molecule has 24 heavy (non-hydrogen) atoms. The first-order valence-electron chi connectivity index (χ1n) is 9.17. The summed E-state index contributed by atoms with van der Waals surface area (Å²) in [7, 11) is 1.65. The van der Waals surface area contributed by atoms with Crippen LogP contribution in [0.3, 0.4) is 0 Å². The van der Waals surface area contributed by atoms with Gasteiger partial charge in [-0.25, -0.2) is 0 Å². The Morgan fingerprint density at radius 2 is 1.96 bits per heavy atom. The standard InChI is InChI=1S/C20H31NO3/c1-15(2)11-12-24-18-10-9-16(13-19(18)23-3)14-21-20(22)17-7-5-4-6-8-17/h9-10,13,15,17H,4-8,11-12,14H2,1-3H3,(H,21,22). The summed E-state index contributed by atoms with van der Waals surface area (Å²) in [6, 6.07) is 5.88. The van der Waals surface area contributed by atoms with E-state index in [2.05, 4.69) is 19.2 Å². The topological polar surface area (TPSA) is 47.6 Å². The van der Waals surface area contributed by atoms with Crippen LogP contribution in [0.15, 0.2) is 18.2 Å². The highest BCUT2D eigenvalue weighted by atomic mass is 16.5. The van der Waals surface area contributed by atoms with Crippen LogP contribution in [-0.4, -0.2) is 19.6 Å². The summed E-state index contributed by atoms with van der Waals surface area (Å²) in [6.45, 7) is 5.58. The number of hydrogen-bond acceptors (Lipinski definition) is 3. The molecule has 0 unspecified atom stereocenters. The Balaban J connectivity index is 1.87. The smallest absolute Gasteiger partial charge is 0.223 e. The van der Waals surface area contributed by atoms with Gasteiger partial charge in [0.2, 0.25) is 5.91 Å². The molecule has 1 aromatic rings. The largest absolute Gasteiger partial charge is 0.493 e. The van der Waals surface area contributed by atoms with Crippen LogP contribution in [0.5, 0.6) is 11.5 Å². The van der Waals surface area contributed by atoms with E-state index in [1.54, 1.807) is 7.11 Å². The SMILES string of the molecule is COc1cc(CNC(=O)C2CCCCC2)ccc1OCCC(C)C. The van der Waals surface area contributed by atoms with E-state index in [9.17, 15) is 4.79 Å². The molecular weight excluding hydrogens is 302 g/mol. The summed E-state index contributed by atoms with van der Waals surface area (Å²) in [5, 5.41) is 3.06. The van der Waals surface area contributed by atoms with Gasteiger partial charge in [0.25, 0.3) is 0 Å². The zero-order chi connectivity index (χ0) is 17.4. The van der Waals surface area contributed by atoms with Crippen molar-refractivity contribution in [2.75, 3.05) is 13.7 Å². The monoisotopic (exact) mass is 333 g/mol. The highest BCUT2D eigenvalue weighted by molar-refractivity contribution is 5.78. The molecule has 0 bridgehead atoms. The van der Waals surface area contributed by atoms with Gasteiger partial charge in [-0.15, -0.1) is 0 Å². The first-order valence-corrected chi connectivity index (χ1v) is 9.17. The van der Waals surface area contributed by atoms with Crippen molar-refractivity contribution in [2.24, 2.45) is 11.8 Å². The first-order chi connectivity index (χ1) is 11.6. The van der Waals surface area contributed by atoms with Crippen LogP contribution in [0.25, 0.3) is 0 Å². The van der Waals surface area contributed by atoms with Crippen LogP contribution in [-0.2, 0) is 11.3 Å². The molecule has 1 N–H and O–H groups in total. The van der Waals surface area contributed by atoms with E-state index < -0.39 is 0 Å². The van der Waals surface area contributed by atoms with Crippen molar-refractivity contribution < 1.29 is 14.3 Å². The maximum absolute atomic E-state index is 12.2. The zero-order valence-electron chi connectivity index (χ0n) is 15.3. The van der Waals surface area contributed by atoms with Crippen molar-refractivity contribution in [3.63, 3.8) is 0 Å². The Kier molecular flexibility index (Phi) is 7.41. The first kappa shape index (κ1) is 18.6. The van der Waals surface area contributed by atoms with Gasteiger partial charge in [0.05, 0.1) is 13.7 Å². The fraction of sp³-hybridized carbons (Fsp3) is 0.650. The molecular formula is C20H31NO3. The van der Waals surface area contributed by atoms with E-state index in [1.165, 1.54) is 19.3 Å². The Labute approximate surface area is 145 Å². The van der Waals surface area contributed by atoms with E-state index in [-0.39, 0.29) is 11.8 Å². The van der Waals surface area contributed by atoms with Gasteiger partial charge in [-0.3, -0.25) is 4.79 Å². The number of rotatable bonds is 8. The molecule has 1 amide bonds. The molecule has 0 saturated heterocycles. The molecule has 1 aliphatic carbocycles. The molecule has 4 heteroatoms. The van der Waals surface area contributed by atoms with E-state index in [0.717, 1.165) is 36.3 Å². The van der Waals surface area contributed by atoms with E-state index in [1.807, 2.05) is 18.2 Å². The number of amides is 1. The third-order valence-corrected chi connectivity index (χ3v) is 4.62. The van der Waals surface area contributed by atoms with Crippen LogP contribution in [0.2, 0.25) is 0 Å². The molecule has 1 fully saturated rings. The third kappa shape index (κ3) is 5.73. The van der Waals surface area contributed by atoms with Gasteiger partial charge < -0.3 is 14.8 Å². The number of methoxy groups -OCH3 is 1. The molecule has 2 rings (SSSR count). The minimum absolute atomic E-state index is 0.186. The second-order valence-corrected chi connectivity index (χ2v) is 7.07. The molecule has 1 aromatic carbocycles. The quantitative estimate of drug-likeness (QED) is 0.771. The number of ether oxygens (including phenoxy) is 2. The van der Waals surface area contributed by atoms with Gasteiger partial charge in [-0.05, 0) is 42.9 Å². The van der Waals surface area contributed by atoms with Gasteiger partial charge in [0, 0.05) is 12.5 Å². The van der Waals surface area contributed by atoms with Gasteiger partial charge in [0.15, 0.2) is 11.5 Å². The molecule has 0 aliphatic heterocycles. The Morgan fingerprint density at radius 3 is 2.62 bits per heavy atom. The summed E-state index contributed by atoms with van der Waals surface area (Å²) in [4.78, 5) is 12.2. The maximum Gasteiger partial charge on any atom is 0.223 e. The third-order valence-electron chi connectivity index (χ3n) is 4.62. The molecule has 134 valence electrons. The van der Waals surface area contributed by atoms with Crippen LogP contribution < -0.4 is 14.8 Å². The lowest BCUT2D eigenvalue weighted by molar-refractivity contribution is -0.126. The number of nitrogens with one attached hydrogen (secondary N) is 1. The van der Waals surface area contributed by atoms with Gasteiger partial charge in [-0.2, -0.15) is 0 Å². The van der Waals surface area contributed by atoms with Crippen LogP contribution >= 0.6 is 0 Å². The second kappa shape index (κ2) is 9.55. The van der Waals surface area contributed by atoms with E-state index in [4.69, 9.17) is 9.47 Å². The van der Waals surface area contributed by atoms with Gasteiger partial charge >= 0.3 is 0 Å². The summed E-state index contributed by atoms with van der Waals surface area (Å²) in [5.74, 6) is 2.49. The molecule has 0 heterocycles.